The van der Waals surface area contributed by atoms with E-state index >= 15 is 0 Å². The number of hydrogen-bond acceptors (Lipinski definition) is 3. The molecule has 2 N–H and O–H groups in total. The summed E-state index contributed by atoms with van der Waals surface area (Å²) in [5.41, 5.74) is 1.11. The van der Waals surface area contributed by atoms with Crippen LogP contribution in [0.15, 0.2) is 12.3 Å². The minimum atomic E-state index is 0.120. The number of nitrogens with zero attached hydrogens (tertiary/aromatic N) is 2. The lowest BCUT2D eigenvalue weighted by Crippen LogP contribution is -2.43. The van der Waals surface area contributed by atoms with Gasteiger partial charge in [-0.2, -0.15) is 5.10 Å². The highest BCUT2D eigenvalue weighted by molar-refractivity contribution is 5.78. The Morgan fingerprint density at radius 2 is 2.61 bits per heavy atom. The molecule has 0 bridgehead atoms. The molecule has 1 aromatic heterocycles. The maximum atomic E-state index is 12.0. The van der Waals surface area contributed by atoms with Gasteiger partial charge in [0.1, 0.15) is 0 Å². The SMILES string of the molecule is C#CCNCC(=O)N1CCCC(c2ccn[nH]2)C1. The molecule has 1 aliphatic rings. The van der Waals surface area contributed by atoms with Crippen LogP contribution in [0.25, 0.3) is 0 Å². The highest BCUT2D eigenvalue weighted by Gasteiger charge is 2.24. The van der Waals surface area contributed by atoms with E-state index < -0.39 is 0 Å². The average Bonchev–Trinajstić information content (AvgIpc) is 2.93. The lowest BCUT2D eigenvalue weighted by molar-refractivity contribution is -0.131. The van der Waals surface area contributed by atoms with Crippen molar-refractivity contribution in [2.45, 2.75) is 18.8 Å². The number of carbonyl (C=O) groups is 1. The quantitative estimate of drug-likeness (QED) is 0.595. The van der Waals surface area contributed by atoms with Crippen molar-refractivity contribution in [3.05, 3.63) is 18.0 Å². The molecule has 0 spiro atoms. The number of nitrogens with one attached hydrogen (secondary N) is 2. The maximum Gasteiger partial charge on any atom is 0.236 e. The molecule has 0 radical (unpaired) electrons. The van der Waals surface area contributed by atoms with Crippen LogP contribution in [0.3, 0.4) is 0 Å². The summed E-state index contributed by atoms with van der Waals surface area (Å²) in [6.45, 7) is 2.35. The lowest BCUT2D eigenvalue weighted by atomic mass is 9.95. The first-order chi connectivity index (χ1) is 8.81. The first-order valence-electron chi connectivity index (χ1n) is 6.22. The number of likely N-dealkylation sites (tertiary alicyclic amines) is 1. The minimum Gasteiger partial charge on any atom is -0.341 e. The highest BCUT2D eigenvalue weighted by atomic mass is 16.2. The fourth-order valence-corrected chi connectivity index (χ4v) is 2.30. The molecule has 96 valence electrons. The van der Waals surface area contributed by atoms with E-state index in [0.717, 1.165) is 31.6 Å². The Hall–Kier alpha value is -1.80. The molecule has 18 heavy (non-hydrogen) atoms. The molecular weight excluding hydrogens is 228 g/mol. The number of terminal acetylenes is 1. The monoisotopic (exact) mass is 246 g/mol. The largest absolute Gasteiger partial charge is 0.341 e. The van der Waals surface area contributed by atoms with E-state index in [-0.39, 0.29) is 5.91 Å². The number of carbonyl (C=O) groups excluding carboxylic acids is 1. The predicted molar refractivity (Wildman–Crippen MR) is 68.8 cm³/mol. The Balaban J connectivity index is 1.87. The van der Waals surface area contributed by atoms with Crippen LogP contribution in [-0.4, -0.2) is 47.2 Å². The van der Waals surface area contributed by atoms with Gasteiger partial charge in [-0.1, -0.05) is 5.92 Å². The Kier molecular flexibility index (Phi) is 4.37. The van der Waals surface area contributed by atoms with E-state index in [2.05, 4.69) is 21.4 Å². The Labute approximate surface area is 107 Å². The first-order valence-corrected chi connectivity index (χ1v) is 6.22. The van der Waals surface area contributed by atoms with Crippen LogP contribution in [0.1, 0.15) is 24.5 Å². The fourth-order valence-electron chi connectivity index (χ4n) is 2.30. The molecule has 0 aliphatic carbocycles. The van der Waals surface area contributed by atoms with Crippen molar-refractivity contribution in [3.63, 3.8) is 0 Å². The predicted octanol–water partition coefficient (Wildman–Crippen LogP) is 0.338. The summed E-state index contributed by atoms with van der Waals surface area (Å²) in [6, 6.07) is 1.98. The molecule has 0 saturated carbocycles. The maximum absolute atomic E-state index is 12.0. The van der Waals surface area contributed by atoms with Crippen molar-refractivity contribution in [2.24, 2.45) is 0 Å². The van der Waals surface area contributed by atoms with Crippen LogP contribution >= 0.6 is 0 Å². The van der Waals surface area contributed by atoms with Gasteiger partial charge < -0.3 is 4.90 Å². The Morgan fingerprint density at radius 3 is 3.33 bits per heavy atom. The van der Waals surface area contributed by atoms with Crippen molar-refractivity contribution in [1.29, 1.82) is 0 Å². The van der Waals surface area contributed by atoms with Gasteiger partial charge in [0.2, 0.25) is 5.91 Å². The molecule has 0 aromatic carbocycles. The Morgan fingerprint density at radius 1 is 1.72 bits per heavy atom. The second-order valence-corrected chi connectivity index (χ2v) is 4.50. The number of H-pyrrole nitrogens is 1. The molecule has 1 aromatic rings. The van der Waals surface area contributed by atoms with Gasteiger partial charge in [0.25, 0.3) is 0 Å². The third-order valence-electron chi connectivity index (χ3n) is 3.24. The summed E-state index contributed by atoms with van der Waals surface area (Å²) in [5, 5.41) is 9.89. The number of rotatable bonds is 4. The zero-order valence-corrected chi connectivity index (χ0v) is 10.4. The van der Waals surface area contributed by atoms with Crippen molar-refractivity contribution in [2.75, 3.05) is 26.2 Å². The fraction of sp³-hybridized carbons (Fsp3) is 0.538. The Bertz CT molecular complexity index is 421. The smallest absolute Gasteiger partial charge is 0.236 e. The molecule has 5 heteroatoms. The molecule has 1 unspecified atom stereocenters. The zero-order valence-electron chi connectivity index (χ0n) is 10.4. The van der Waals surface area contributed by atoms with E-state index in [1.807, 2.05) is 11.0 Å². The van der Waals surface area contributed by atoms with E-state index in [4.69, 9.17) is 6.42 Å². The van der Waals surface area contributed by atoms with Crippen LogP contribution < -0.4 is 5.32 Å². The number of piperidine rings is 1. The van der Waals surface area contributed by atoms with E-state index in [1.165, 1.54) is 0 Å². The summed E-state index contributed by atoms with van der Waals surface area (Å²) >= 11 is 0. The van der Waals surface area contributed by atoms with Crippen LogP contribution in [0.5, 0.6) is 0 Å². The first kappa shape index (κ1) is 12.7. The molecule has 1 saturated heterocycles. The summed E-state index contributed by atoms with van der Waals surface area (Å²) < 4.78 is 0. The summed E-state index contributed by atoms with van der Waals surface area (Å²) in [4.78, 5) is 13.9. The van der Waals surface area contributed by atoms with Crippen molar-refractivity contribution in [3.8, 4) is 12.3 Å². The topological polar surface area (TPSA) is 61.0 Å². The molecule has 5 nitrogen and oxygen atoms in total. The van der Waals surface area contributed by atoms with E-state index in [9.17, 15) is 4.79 Å². The van der Waals surface area contributed by atoms with Crippen molar-refractivity contribution in [1.82, 2.24) is 20.4 Å². The second kappa shape index (κ2) is 6.22. The standard InChI is InChI=1S/C13H18N4O/c1-2-6-14-9-13(18)17-8-3-4-11(10-17)12-5-7-15-16-12/h1,5,7,11,14H,3-4,6,8-10H2,(H,15,16). The number of hydrogen-bond donors (Lipinski definition) is 2. The van der Waals surface area contributed by atoms with E-state index in [1.54, 1.807) is 6.20 Å². The summed E-state index contributed by atoms with van der Waals surface area (Å²) in [6.07, 6.45) is 9.02. The molecule has 1 aliphatic heterocycles. The number of aromatic nitrogens is 2. The molecule has 1 fully saturated rings. The van der Waals surface area contributed by atoms with Crippen molar-refractivity contribution < 1.29 is 4.79 Å². The number of amides is 1. The average molecular weight is 246 g/mol. The van der Waals surface area contributed by atoms with E-state index in [0.29, 0.717) is 19.0 Å². The van der Waals surface area contributed by atoms with Crippen LogP contribution in [-0.2, 0) is 4.79 Å². The van der Waals surface area contributed by atoms with Gasteiger partial charge in [0.05, 0.1) is 13.1 Å². The summed E-state index contributed by atoms with van der Waals surface area (Å²) in [7, 11) is 0. The molecule has 1 amide bonds. The highest BCUT2D eigenvalue weighted by Crippen LogP contribution is 2.24. The van der Waals surface area contributed by atoms with Crippen LogP contribution in [0, 0.1) is 12.3 Å². The van der Waals surface area contributed by atoms with Gasteiger partial charge in [-0.25, -0.2) is 0 Å². The third kappa shape index (κ3) is 3.11. The zero-order chi connectivity index (χ0) is 12.8. The van der Waals surface area contributed by atoms with Gasteiger partial charge >= 0.3 is 0 Å². The van der Waals surface area contributed by atoms with Gasteiger partial charge in [-0.05, 0) is 18.9 Å². The van der Waals surface area contributed by atoms with Gasteiger partial charge in [0, 0.05) is 30.9 Å². The summed E-state index contributed by atoms with van der Waals surface area (Å²) in [5.74, 6) is 2.95. The molecule has 2 heterocycles. The van der Waals surface area contributed by atoms with Crippen LogP contribution in [0.2, 0.25) is 0 Å². The third-order valence-corrected chi connectivity index (χ3v) is 3.24. The second-order valence-electron chi connectivity index (χ2n) is 4.50. The van der Waals surface area contributed by atoms with Gasteiger partial charge in [0.15, 0.2) is 0 Å². The van der Waals surface area contributed by atoms with Gasteiger partial charge in [-0.15, -0.1) is 6.42 Å². The lowest BCUT2D eigenvalue weighted by Gasteiger charge is -2.32. The normalized spacial score (nSPS) is 19.5. The van der Waals surface area contributed by atoms with Crippen molar-refractivity contribution >= 4 is 5.91 Å². The molecular formula is C13H18N4O. The minimum absolute atomic E-state index is 0.120. The molecule has 2 rings (SSSR count). The van der Waals surface area contributed by atoms with Crippen LogP contribution in [0.4, 0.5) is 0 Å². The van der Waals surface area contributed by atoms with Gasteiger partial charge in [-0.3, -0.25) is 15.2 Å². The molecule has 1 atom stereocenters. The number of aromatic amines is 1.